The number of carbonyl (C=O) groups excluding carboxylic acids is 2. The Morgan fingerprint density at radius 2 is 1.85 bits per heavy atom. The zero-order valence-electron chi connectivity index (χ0n) is 21.9. The predicted octanol–water partition coefficient (Wildman–Crippen LogP) is 4.64. The minimum atomic E-state index is -0.402. The lowest BCUT2D eigenvalue weighted by atomic mass is 9.87. The number of benzene rings is 1. The Morgan fingerprint density at radius 1 is 1.21 bits per heavy atom. The van der Waals surface area contributed by atoms with E-state index in [4.69, 9.17) is 9.84 Å². The van der Waals surface area contributed by atoms with Crippen molar-refractivity contribution >= 4 is 29.4 Å². The van der Waals surface area contributed by atoms with E-state index in [1.807, 2.05) is 42.8 Å². The van der Waals surface area contributed by atoms with Gasteiger partial charge in [-0.2, -0.15) is 5.10 Å². The van der Waals surface area contributed by atoms with Crippen molar-refractivity contribution in [2.24, 2.45) is 0 Å². The second kappa shape index (κ2) is 9.64. The van der Waals surface area contributed by atoms with Gasteiger partial charge in [-0.05, 0) is 40.7 Å². The van der Waals surface area contributed by atoms with Crippen LogP contribution in [0.3, 0.4) is 0 Å². The molecule has 1 N–H and O–H groups in total. The standard InChI is InChI=1S/C26H38N4O3S/c1-16(2)27-19(31)14-29-20(32)15-34-22(17-12-10-11-13-18(17)33-9)21-23(25(3,4)5)28-30(24(21)29)26(6,7)8/h10-13,16,22H,14-15H2,1-9H3,(H,27,31)/t22-/m1/s1. The first-order valence-corrected chi connectivity index (χ1v) is 12.8. The monoisotopic (exact) mass is 486 g/mol. The Hall–Kier alpha value is -2.48. The van der Waals surface area contributed by atoms with Crippen molar-refractivity contribution in [1.82, 2.24) is 15.1 Å². The first-order chi connectivity index (χ1) is 15.8. The van der Waals surface area contributed by atoms with Crippen LogP contribution in [0.2, 0.25) is 0 Å². The molecule has 2 amide bonds. The zero-order chi connectivity index (χ0) is 25.4. The molecule has 0 radical (unpaired) electrons. The molecule has 0 saturated heterocycles. The fraction of sp³-hybridized carbons (Fsp3) is 0.577. The molecule has 0 spiro atoms. The van der Waals surface area contributed by atoms with Crippen LogP contribution in [-0.2, 0) is 20.5 Å². The number of rotatable bonds is 5. The smallest absolute Gasteiger partial charge is 0.240 e. The summed E-state index contributed by atoms with van der Waals surface area (Å²) in [6.45, 7) is 16.4. The van der Waals surface area contributed by atoms with Crippen LogP contribution < -0.4 is 15.0 Å². The molecule has 1 atom stereocenters. The lowest BCUT2D eigenvalue weighted by Gasteiger charge is -2.29. The summed E-state index contributed by atoms with van der Waals surface area (Å²) in [5.41, 5.74) is 2.21. The van der Waals surface area contributed by atoms with Crippen molar-refractivity contribution in [2.75, 3.05) is 24.3 Å². The molecule has 2 heterocycles. The van der Waals surface area contributed by atoms with Crippen LogP contribution in [0.15, 0.2) is 24.3 Å². The number of amides is 2. The lowest BCUT2D eigenvalue weighted by molar-refractivity contribution is -0.123. The molecule has 1 aromatic carbocycles. The quantitative estimate of drug-likeness (QED) is 0.666. The molecule has 1 aliphatic heterocycles. The third-order valence-electron chi connectivity index (χ3n) is 5.61. The molecule has 0 saturated carbocycles. The Balaban J connectivity index is 2.34. The highest BCUT2D eigenvalue weighted by atomic mass is 32.2. The molecular formula is C26H38N4O3S. The van der Waals surface area contributed by atoms with Gasteiger partial charge in [0.1, 0.15) is 18.1 Å². The van der Waals surface area contributed by atoms with Crippen LogP contribution in [0.4, 0.5) is 5.82 Å². The second-order valence-corrected chi connectivity index (χ2v) is 12.1. The zero-order valence-corrected chi connectivity index (χ0v) is 22.7. The van der Waals surface area contributed by atoms with Gasteiger partial charge in [0.2, 0.25) is 11.8 Å². The van der Waals surface area contributed by atoms with E-state index in [1.165, 1.54) is 0 Å². The van der Waals surface area contributed by atoms with E-state index in [9.17, 15) is 9.59 Å². The van der Waals surface area contributed by atoms with E-state index in [-0.39, 0.29) is 40.8 Å². The van der Waals surface area contributed by atoms with E-state index >= 15 is 0 Å². The minimum Gasteiger partial charge on any atom is -0.496 e. The number of para-hydroxylation sites is 1. The van der Waals surface area contributed by atoms with Crippen molar-refractivity contribution in [3.63, 3.8) is 0 Å². The highest BCUT2D eigenvalue weighted by Gasteiger charge is 2.42. The number of carbonyl (C=O) groups is 2. The SMILES string of the molecule is COc1ccccc1[C@H]1SCC(=O)N(CC(=O)NC(C)C)c2c1c(C(C)(C)C)nn2C(C)(C)C. The number of hydrogen-bond acceptors (Lipinski definition) is 5. The van der Waals surface area contributed by atoms with Crippen molar-refractivity contribution in [3.05, 3.63) is 41.1 Å². The number of ether oxygens (including phenoxy) is 1. The topological polar surface area (TPSA) is 76.5 Å². The highest BCUT2D eigenvalue weighted by molar-refractivity contribution is 8.00. The number of fused-ring (bicyclic) bond motifs is 1. The van der Waals surface area contributed by atoms with Gasteiger partial charge in [0.05, 0.1) is 29.3 Å². The largest absolute Gasteiger partial charge is 0.496 e. The average molecular weight is 487 g/mol. The van der Waals surface area contributed by atoms with E-state index < -0.39 is 5.54 Å². The first-order valence-electron chi connectivity index (χ1n) is 11.7. The van der Waals surface area contributed by atoms with Gasteiger partial charge in [-0.1, -0.05) is 39.0 Å². The molecule has 1 aliphatic rings. The van der Waals surface area contributed by atoms with Crippen LogP contribution in [0.5, 0.6) is 5.75 Å². The van der Waals surface area contributed by atoms with E-state index in [2.05, 4.69) is 46.9 Å². The van der Waals surface area contributed by atoms with Gasteiger partial charge < -0.3 is 10.1 Å². The Morgan fingerprint density at radius 3 is 2.41 bits per heavy atom. The summed E-state index contributed by atoms with van der Waals surface area (Å²) < 4.78 is 7.64. The highest BCUT2D eigenvalue weighted by Crippen LogP contribution is 2.50. The molecule has 34 heavy (non-hydrogen) atoms. The maximum atomic E-state index is 13.5. The first kappa shape index (κ1) is 26.1. The number of nitrogens with one attached hydrogen (secondary N) is 1. The van der Waals surface area contributed by atoms with Gasteiger partial charge in [-0.15, -0.1) is 11.8 Å². The van der Waals surface area contributed by atoms with Crippen LogP contribution in [0, 0.1) is 0 Å². The van der Waals surface area contributed by atoms with Gasteiger partial charge in [-0.25, -0.2) is 4.68 Å². The number of thioether (sulfide) groups is 1. The van der Waals surface area contributed by atoms with Crippen molar-refractivity contribution in [3.8, 4) is 5.75 Å². The molecule has 0 aliphatic carbocycles. The predicted molar refractivity (Wildman–Crippen MR) is 139 cm³/mol. The number of nitrogens with zero attached hydrogens (tertiary/aromatic N) is 3. The second-order valence-electron chi connectivity index (χ2n) is 11.1. The summed E-state index contributed by atoms with van der Waals surface area (Å²) >= 11 is 1.56. The van der Waals surface area contributed by atoms with Gasteiger partial charge in [-0.3, -0.25) is 14.5 Å². The molecule has 8 heteroatoms. The Bertz CT molecular complexity index is 1060. The number of anilines is 1. The van der Waals surface area contributed by atoms with Crippen molar-refractivity contribution in [1.29, 1.82) is 0 Å². The van der Waals surface area contributed by atoms with Crippen LogP contribution in [0.25, 0.3) is 0 Å². The van der Waals surface area contributed by atoms with E-state index in [0.717, 1.165) is 22.6 Å². The minimum absolute atomic E-state index is 0.0117. The summed E-state index contributed by atoms with van der Waals surface area (Å²) in [6, 6.07) is 7.92. The lowest BCUT2D eigenvalue weighted by Crippen LogP contribution is -2.45. The maximum absolute atomic E-state index is 13.5. The maximum Gasteiger partial charge on any atom is 0.240 e. The Labute approximate surface area is 207 Å². The fourth-order valence-electron chi connectivity index (χ4n) is 4.18. The van der Waals surface area contributed by atoms with Gasteiger partial charge in [0.15, 0.2) is 0 Å². The van der Waals surface area contributed by atoms with Crippen LogP contribution in [0.1, 0.15) is 77.5 Å². The third kappa shape index (κ3) is 5.27. The molecule has 0 unspecified atom stereocenters. The van der Waals surface area contributed by atoms with Gasteiger partial charge in [0.25, 0.3) is 0 Å². The summed E-state index contributed by atoms with van der Waals surface area (Å²) in [7, 11) is 1.66. The average Bonchev–Trinajstić information content (AvgIpc) is 3.07. The molecule has 2 aromatic rings. The van der Waals surface area contributed by atoms with E-state index in [0.29, 0.717) is 5.82 Å². The van der Waals surface area contributed by atoms with E-state index in [1.54, 1.807) is 23.8 Å². The van der Waals surface area contributed by atoms with Crippen LogP contribution in [-0.4, -0.2) is 47.0 Å². The summed E-state index contributed by atoms with van der Waals surface area (Å²) in [5.74, 6) is 1.43. The molecule has 0 bridgehead atoms. The summed E-state index contributed by atoms with van der Waals surface area (Å²) in [4.78, 5) is 28.0. The van der Waals surface area contributed by atoms with Crippen molar-refractivity contribution < 1.29 is 14.3 Å². The summed E-state index contributed by atoms with van der Waals surface area (Å²) in [5, 5.41) is 7.86. The number of hydrogen-bond donors (Lipinski definition) is 1. The van der Waals surface area contributed by atoms with Crippen molar-refractivity contribution in [2.45, 2.75) is 77.6 Å². The normalized spacial score (nSPS) is 16.9. The molecule has 0 fully saturated rings. The Kier molecular flexibility index (Phi) is 7.41. The van der Waals surface area contributed by atoms with Gasteiger partial charge in [0, 0.05) is 22.6 Å². The molecule has 3 rings (SSSR count). The fourth-order valence-corrected chi connectivity index (χ4v) is 5.40. The number of aromatic nitrogens is 2. The molecule has 1 aromatic heterocycles. The molecule has 7 nitrogen and oxygen atoms in total. The molecule has 186 valence electrons. The number of methoxy groups -OCH3 is 1. The van der Waals surface area contributed by atoms with Gasteiger partial charge >= 0.3 is 0 Å². The summed E-state index contributed by atoms with van der Waals surface area (Å²) in [6.07, 6.45) is 0. The molecular weight excluding hydrogens is 448 g/mol. The third-order valence-corrected chi connectivity index (χ3v) is 6.84. The van der Waals surface area contributed by atoms with Crippen LogP contribution >= 0.6 is 11.8 Å².